The number of hydrogen-bond acceptors (Lipinski definition) is 4. The average Bonchev–Trinajstić information content (AvgIpc) is 3.23. The molecule has 4 rings (SSSR count). The van der Waals surface area contributed by atoms with Gasteiger partial charge in [0, 0.05) is 25.1 Å². The van der Waals surface area contributed by atoms with Crippen molar-refractivity contribution in [3.8, 4) is 11.4 Å². The molecule has 2 aromatic heterocycles. The van der Waals surface area contributed by atoms with Crippen LogP contribution in [0.25, 0.3) is 5.69 Å². The van der Waals surface area contributed by atoms with E-state index in [9.17, 15) is 0 Å². The minimum Gasteiger partial charge on any atom is -0.497 e. The first kappa shape index (κ1) is 16.8. The number of likely N-dealkylation sites (tertiary alicyclic amines) is 1. The zero-order chi connectivity index (χ0) is 17.8. The summed E-state index contributed by atoms with van der Waals surface area (Å²) >= 11 is 0. The van der Waals surface area contributed by atoms with Gasteiger partial charge in [0.2, 0.25) is 0 Å². The van der Waals surface area contributed by atoms with Crippen LogP contribution >= 0.6 is 0 Å². The van der Waals surface area contributed by atoms with Crippen LogP contribution in [0.15, 0.2) is 61.1 Å². The van der Waals surface area contributed by atoms with Crippen LogP contribution in [0.1, 0.15) is 36.6 Å². The van der Waals surface area contributed by atoms with E-state index < -0.39 is 0 Å². The molecule has 0 spiro atoms. The largest absolute Gasteiger partial charge is 0.497 e. The zero-order valence-electron chi connectivity index (χ0n) is 15.1. The van der Waals surface area contributed by atoms with Gasteiger partial charge in [-0.15, -0.1) is 0 Å². The van der Waals surface area contributed by atoms with Crippen molar-refractivity contribution in [1.29, 1.82) is 0 Å². The molecule has 0 aliphatic carbocycles. The molecule has 134 valence electrons. The van der Waals surface area contributed by atoms with E-state index >= 15 is 0 Å². The van der Waals surface area contributed by atoms with E-state index in [4.69, 9.17) is 4.74 Å². The summed E-state index contributed by atoms with van der Waals surface area (Å²) in [6, 6.07) is 14.7. The van der Waals surface area contributed by atoms with Crippen molar-refractivity contribution < 1.29 is 4.74 Å². The number of ether oxygens (including phenoxy) is 1. The first-order valence-corrected chi connectivity index (χ1v) is 9.17. The van der Waals surface area contributed by atoms with E-state index in [2.05, 4.69) is 39.2 Å². The molecule has 1 aromatic carbocycles. The Balaban J connectivity index is 1.66. The molecule has 1 aliphatic heterocycles. The van der Waals surface area contributed by atoms with E-state index in [0.29, 0.717) is 6.04 Å². The van der Waals surface area contributed by atoms with Gasteiger partial charge in [0.15, 0.2) is 0 Å². The number of benzene rings is 1. The van der Waals surface area contributed by atoms with Crippen molar-refractivity contribution in [2.24, 2.45) is 0 Å². The standard InChI is InChI=1S/C21H24N4O/c1-26-18-9-10-20(25-14-6-12-23-25)17(15-18)16-24-13-5-3-8-21(24)19-7-2-4-11-22-19/h2,4,6-7,9-12,14-15,21H,3,5,8,13,16H2,1H3. The third-order valence-electron chi connectivity index (χ3n) is 5.05. The summed E-state index contributed by atoms with van der Waals surface area (Å²) in [5.74, 6) is 0.877. The number of methoxy groups -OCH3 is 1. The van der Waals surface area contributed by atoms with Crippen LogP contribution in [-0.4, -0.2) is 33.3 Å². The molecule has 0 bridgehead atoms. The first-order valence-electron chi connectivity index (χ1n) is 9.17. The highest BCUT2D eigenvalue weighted by Gasteiger charge is 2.25. The quantitative estimate of drug-likeness (QED) is 0.699. The van der Waals surface area contributed by atoms with Crippen LogP contribution in [0.2, 0.25) is 0 Å². The van der Waals surface area contributed by atoms with Crippen LogP contribution < -0.4 is 4.74 Å². The molecular weight excluding hydrogens is 324 g/mol. The summed E-state index contributed by atoms with van der Waals surface area (Å²) in [7, 11) is 1.71. The maximum absolute atomic E-state index is 5.47. The Labute approximate surface area is 154 Å². The highest BCUT2D eigenvalue weighted by Crippen LogP contribution is 2.32. The molecule has 0 radical (unpaired) electrons. The van der Waals surface area contributed by atoms with Gasteiger partial charge in [0.1, 0.15) is 5.75 Å². The van der Waals surface area contributed by atoms with Crippen molar-refractivity contribution >= 4 is 0 Å². The van der Waals surface area contributed by atoms with Crippen LogP contribution in [0, 0.1) is 0 Å². The minimum atomic E-state index is 0.363. The molecule has 5 heteroatoms. The molecule has 0 saturated carbocycles. The van der Waals surface area contributed by atoms with E-state index in [-0.39, 0.29) is 0 Å². The van der Waals surface area contributed by atoms with Crippen LogP contribution in [-0.2, 0) is 6.54 Å². The number of rotatable bonds is 5. The molecule has 0 N–H and O–H groups in total. The minimum absolute atomic E-state index is 0.363. The fourth-order valence-corrected chi connectivity index (χ4v) is 3.76. The summed E-state index contributed by atoms with van der Waals surface area (Å²) in [5, 5.41) is 4.42. The summed E-state index contributed by atoms with van der Waals surface area (Å²) in [6.45, 7) is 1.94. The SMILES string of the molecule is COc1ccc(-n2cccn2)c(CN2CCCCC2c2ccccn2)c1. The Morgan fingerprint density at radius 1 is 1.12 bits per heavy atom. The lowest BCUT2D eigenvalue weighted by Crippen LogP contribution is -2.33. The Morgan fingerprint density at radius 3 is 2.85 bits per heavy atom. The molecule has 3 heterocycles. The normalized spacial score (nSPS) is 18.0. The second-order valence-corrected chi connectivity index (χ2v) is 6.68. The summed E-state index contributed by atoms with van der Waals surface area (Å²) in [5.41, 5.74) is 3.48. The molecular formula is C21H24N4O. The van der Waals surface area contributed by atoms with Gasteiger partial charge in [-0.05, 0) is 61.3 Å². The maximum Gasteiger partial charge on any atom is 0.119 e. The lowest BCUT2D eigenvalue weighted by atomic mass is 9.97. The third-order valence-corrected chi connectivity index (χ3v) is 5.05. The van der Waals surface area contributed by atoms with E-state index in [0.717, 1.165) is 36.6 Å². The number of piperidine rings is 1. The van der Waals surface area contributed by atoms with Crippen molar-refractivity contribution in [2.45, 2.75) is 31.8 Å². The Kier molecular flexibility index (Phi) is 4.97. The molecule has 1 atom stereocenters. The Hall–Kier alpha value is -2.66. The van der Waals surface area contributed by atoms with Gasteiger partial charge < -0.3 is 4.74 Å². The van der Waals surface area contributed by atoms with E-state index in [1.54, 1.807) is 7.11 Å². The highest BCUT2D eigenvalue weighted by molar-refractivity contribution is 5.45. The predicted molar refractivity (Wildman–Crippen MR) is 101 cm³/mol. The lowest BCUT2D eigenvalue weighted by Gasteiger charge is -2.35. The van der Waals surface area contributed by atoms with E-state index in [1.165, 1.54) is 18.4 Å². The van der Waals surface area contributed by atoms with Gasteiger partial charge >= 0.3 is 0 Å². The molecule has 5 nitrogen and oxygen atoms in total. The van der Waals surface area contributed by atoms with Gasteiger partial charge in [-0.2, -0.15) is 5.10 Å². The molecule has 1 saturated heterocycles. The average molecular weight is 348 g/mol. The highest BCUT2D eigenvalue weighted by atomic mass is 16.5. The fraction of sp³-hybridized carbons (Fsp3) is 0.333. The van der Waals surface area contributed by atoms with Crippen LogP contribution in [0.5, 0.6) is 5.75 Å². The molecule has 3 aromatic rings. The zero-order valence-corrected chi connectivity index (χ0v) is 15.1. The third kappa shape index (κ3) is 3.48. The number of nitrogens with zero attached hydrogens (tertiary/aromatic N) is 4. The summed E-state index contributed by atoms with van der Waals surface area (Å²) < 4.78 is 7.39. The molecule has 1 fully saturated rings. The second-order valence-electron chi connectivity index (χ2n) is 6.68. The monoisotopic (exact) mass is 348 g/mol. The topological polar surface area (TPSA) is 43.2 Å². The van der Waals surface area contributed by atoms with Gasteiger partial charge in [-0.25, -0.2) is 4.68 Å². The van der Waals surface area contributed by atoms with Crippen molar-refractivity contribution in [3.05, 3.63) is 72.3 Å². The number of pyridine rings is 1. The molecule has 1 aliphatic rings. The molecule has 0 amide bonds. The molecule has 26 heavy (non-hydrogen) atoms. The van der Waals surface area contributed by atoms with Gasteiger partial charge in [0.05, 0.1) is 24.5 Å². The van der Waals surface area contributed by atoms with Crippen molar-refractivity contribution in [3.63, 3.8) is 0 Å². The van der Waals surface area contributed by atoms with Gasteiger partial charge in [-0.1, -0.05) is 12.5 Å². The summed E-state index contributed by atoms with van der Waals surface area (Å²) in [6.07, 6.45) is 9.32. The maximum atomic E-state index is 5.47. The van der Waals surface area contributed by atoms with E-state index in [1.807, 2.05) is 41.5 Å². The summed E-state index contributed by atoms with van der Waals surface area (Å²) in [4.78, 5) is 7.15. The van der Waals surface area contributed by atoms with Gasteiger partial charge in [-0.3, -0.25) is 9.88 Å². The lowest BCUT2D eigenvalue weighted by molar-refractivity contribution is 0.137. The Bertz CT molecular complexity index is 832. The van der Waals surface area contributed by atoms with Crippen LogP contribution in [0.3, 0.4) is 0 Å². The first-order chi connectivity index (χ1) is 12.8. The van der Waals surface area contributed by atoms with Crippen LogP contribution in [0.4, 0.5) is 0 Å². The number of aromatic nitrogens is 3. The smallest absolute Gasteiger partial charge is 0.119 e. The predicted octanol–water partition coefficient (Wildman–Crippen LogP) is 4.00. The number of hydrogen-bond donors (Lipinski definition) is 0. The Morgan fingerprint density at radius 2 is 2.08 bits per heavy atom. The second kappa shape index (κ2) is 7.70. The van der Waals surface area contributed by atoms with Gasteiger partial charge in [0.25, 0.3) is 0 Å². The van der Waals surface area contributed by atoms with Crippen molar-refractivity contribution in [1.82, 2.24) is 19.7 Å². The molecule has 1 unspecified atom stereocenters. The van der Waals surface area contributed by atoms with Crippen molar-refractivity contribution in [2.75, 3.05) is 13.7 Å². The fourth-order valence-electron chi connectivity index (χ4n) is 3.76.